The Morgan fingerprint density at radius 3 is 2.79 bits per heavy atom. The van der Waals surface area contributed by atoms with Crippen LogP contribution in [0.5, 0.6) is 0 Å². The molecule has 2 nitrogen and oxygen atoms in total. The molecule has 2 atom stereocenters. The van der Waals surface area contributed by atoms with Crippen LogP contribution in [0.3, 0.4) is 0 Å². The Kier molecular flexibility index (Phi) is 3.45. The van der Waals surface area contributed by atoms with Gasteiger partial charge in [0.25, 0.3) is 0 Å². The first kappa shape index (κ1) is 10.4. The van der Waals surface area contributed by atoms with E-state index >= 15 is 0 Å². The maximum Gasteiger partial charge on any atom is 0.0197 e. The number of hydrogen-bond acceptors (Lipinski definition) is 2. The second-order valence-corrected chi connectivity index (χ2v) is 5.35. The Labute approximate surface area is 88.1 Å². The summed E-state index contributed by atoms with van der Waals surface area (Å²) in [5, 5.41) is 3.78. The maximum absolute atomic E-state index is 3.78. The third-order valence-corrected chi connectivity index (χ3v) is 3.53. The summed E-state index contributed by atoms with van der Waals surface area (Å²) in [5.74, 6) is 1.05. The number of nitrogens with zero attached hydrogens (tertiary/aromatic N) is 1. The molecule has 2 aliphatic rings. The molecule has 2 fully saturated rings. The molecule has 1 heterocycles. The van der Waals surface area contributed by atoms with E-state index < -0.39 is 0 Å². The van der Waals surface area contributed by atoms with Gasteiger partial charge in [0.15, 0.2) is 0 Å². The van der Waals surface area contributed by atoms with Crippen LogP contribution in [0.25, 0.3) is 0 Å². The number of likely N-dealkylation sites (N-methyl/N-ethyl adjacent to an activating group) is 1. The summed E-state index contributed by atoms with van der Waals surface area (Å²) in [6.07, 6.45) is 7.11. The van der Waals surface area contributed by atoms with Crippen molar-refractivity contribution in [1.29, 1.82) is 0 Å². The molecule has 2 rings (SSSR count). The maximum atomic E-state index is 3.78. The second-order valence-electron chi connectivity index (χ2n) is 5.35. The molecule has 1 saturated heterocycles. The topological polar surface area (TPSA) is 15.3 Å². The van der Waals surface area contributed by atoms with Gasteiger partial charge in [0, 0.05) is 18.6 Å². The van der Waals surface area contributed by atoms with Crippen LogP contribution in [0.4, 0.5) is 0 Å². The van der Waals surface area contributed by atoms with Crippen molar-refractivity contribution in [3.05, 3.63) is 0 Å². The van der Waals surface area contributed by atoms with Crippen LogP contribution in [-0.4, -0.2) is 37.1 Å². The van der Waals surface area contributed by atoms with Crippen LogP contribution < -0.4 is 5.32 Å². The van der Waals surface area contributed by atoms with Gasteiger partial charge < -0.3 is 10.2 Å². The first-order valence-electron chi connectivity index (χ1n) is 6.18. The summed E-state index contributed by atoms with van der Waals surface area (Å²) in [4.78, 5) is 2.45. The van der Waals surface area contributed by atoms with Crippen LogP contribution >= 0.6 is 0 Å². The monoisotopic (exact) mass is 196 g/mol. The Balaban J connectivity index is 1.66. The summed E-state index contributed by atoms with van der Waals surface area (Å²) in [7, 11) is 2.24. The van der Waals surface area contributed by atoms with E-state index in [-0.39, 0.29) is 0 Å². The van der Waals surface area contributed by atoms with Crippen LogP contribution in [0.15, 0.2) is 0 Å². The van der Waals surface area contributed by atoms with Gasteiger partial charge in [-0.3, -0.25) is 0 Å². The summed E-state index contributed by atoms with van der Waals surface area (Å²) >= 11 is 0. The second kappa shape index (κ2) is 4.63. The predicted molar refractivity (Wildman–Crippen MR) is 60.5 cm³/mol. The average molecular weight is 196 g/mol. The standard InChI is InChI=1S/C12H24N2/c1-10(8-11-5-6-11)13-12-4-3-7-14(2)9-12/h10-13H,3-9H2,1-2H3. The van der Waals surface area contributed by atoms with Crippen molar-refractivity contribution in [2.75, 3.05) is 20.1 Å². The van der Waals surface area contributed by atoms with E-state index in [4.69, 9.17) is 0 Å². The Morgan fingerprint density at radius 1 is 1.36 bits per heavy atom. The lowest BCUT2D eigenvalue weighted by molar-refractivity contribution is 0.215. The molecule has 1 aliphatic heterocycles. The fourth-order valence-electron chi connectivity index (χ4n) is 2.63. The molecule has 1 N–H and O–H groups in total. The molecule has 0 aromatic carbocycles. The molecule has 0 bridgehead atoms. The van der Waals surface area contributed by atoms with E-state index in [1.165, 1.54) is 45.2 Å². The molecule has 0 spiro atoms. The lowest BCUT2D eigenvalue weighted by Crippen LogP contribution is -2.47. The van der Waals surface area contributed by atoms with Gasteiger partial charge in [-0.15, -0.1) is 0 Å². The van der Waals surface area contributed by atoms with Crippen LogP contribution in [0.2, 0.25) is 0 Å². The van der Waals surface area contributed by atoms with E-state index in [9.17, 15) is 0 Å². The molecule has 2 heteroatoms. The highest BCUT2D eigenvalue weighted by Gasteiger charge is 2.25. The van der Waals surface area contributed by atoms with Crippen molar-refractivity contribution in [3.63, 3.8) is 0 Å². The SMILES string of the molecule is CC(CC1CC1)NC1CCCN(C)C1. The van der Waals surface area contributed by atoms with Crippen LogP contribution in [-0.2, 0) is 0 Å². The molecular weight excluding hydrogens is 172 g/mol. The smallest absolute Gasteiger partial charge is 0.0197 e. The number of nitrogens with one attached hydrogen (secondary N) is 1. The van der Waals surface area contributed by atoms with Gasteiger partial charge >= 0.3 is 0 Å². The quantitative estimate of drug-likeness (QED) is 0.738. The van der Waals surface area contributed by atoms with Gasteiger partial charge in [0.2, 0.25) is 0 Å². The van der Waals surface area contributed by atoms with Crippen LogP contribution in [0.1, 0.15) is 39.0 Å². The van der Waals surface area contributed by atoms with Gasteiger partial charge in [-0.25, -0.2) is 0 Å². The number of piperidine rings is 1. The third kappa shape index (κ3) is 3.25. The minimum absolute atomic E-state index is 0.735. The highest BCUT2D eigenvalue weighted by atomic mass is 15.1. The fourth-order valence-corrected chi connectivity index (χ4v) is 2.63. The summed E-state index contributed by atoms with van der Waals surface area (Å²) in [6.45, 7) is 4.89. The van der Waals surface area contributed by atoms with Gasteiger partial charge in [-0.05, 0) is 45.7 Å². The Morgan fingerprint density at radius 2 is 2.14 bits per heavy atom. The summed E-state index contributed by atoms with van der Waals surface area (Å²) in [6, 6.07) is 1.49. The predicted octanol–water partition coefficient (Wildman–Crippen LogP) is 1.86. The lowest BCUT2D eigenvalue weighted by atomic mass is 10.0. The van der Waals surface area contributed by atoms with E-state index in [0.717, 1.165) is 18.0 Å². The highest BCUT2D eigenvalue weighted by molar-refractivity contribution is 4.82. The number of hydrogen-bond donors (Lipinski definition) is 1. The van der Waals surface area contributed by atoms with Gasteiger partial charge in [0.1, 0.15) is 0 Å². The zero-order valence-corrected chi connectivity index (χ0v) is 9.63. The molecule has 1 saturated carbocycles. The van der Waals surface area contributed by atoms with E-state index in [2.05, 4.69) is 24.2 Å². The summed E-state index contributed by atoms with van der Waals surface area (Å²) < 4.78 is 0. The fraction of sp³-hybridized carbons (Fsp3) is 1.00. The molecule has 0 amide bonds. The van der Waals surface area contributed by atoms with Crippen molar-refractivity contribution >= 4 is 0 Å². The first-order valence-corrected chi connectivity index (χ1v) is 6.18. The van der Waals surface area contributed by atoms with Crippen molar-refractivity contribution in [1.82, 2.24) is 10.2 Å². The molecule has 0 aromatic rings. The molecule has 0 radical (unpaired) electrons. The molecule has 0 aromatic heterocycles. The van der Waals surface area contributed by atoms with Gasteiger partial charge in [-0.1, -0.05) is 12.8 Å². The van der Waals surface area contributed by atoms with Crippen molar-refractivity contribution in [2.24, 2.45) is 5.92 Å². The highest BCUT2D eigenvalue weighted by Crippen LogP contribution is 2.33. The van der Waals surface area contributed by atoms with Crippen molar-refractivity contribution in [3.8, 4) is 0 Å². The van der Waals surface area contributed by atoms with E-state index in [1.807, 2.05) is 0 Å². The van der Waals surface area contributed by atoms with Crippen LogP contribution in [0, 0.1) is 5.92 Å². The van der Waals surface area contributed by atoms with E-state index in [0.29, 0.717) is 0 Å². The molecule has 1 aliphatic carbocycles. The van der Waals surface area contributed by atoms with Gasteiger partial charge in [0.05, 0.1) is 0 Å². The third-order valence-electron chi connectivity index (χ3n) is 3.53. The molecule has 82 valence electrons. The first-order chi connectivity index (χ1) is 6.74. The van der Waals surface area contributed by atoms with Gasteiger partial charge in [-0.2, -0.15) is 0 Å². The minimum atomic E-state index is 0.735. The summed E-state index contributed by atoms with van der Waals surface area (Å²) in [5.41, 5.74) is 0. The van der Waals surface area contributed by atoms with E-state index in [1.54, 1.807) is 0 Å². The lowest BCUT2D eigenvalue weighted by Gasteiger charge is -2.32. The van der Waals surface area contributed by atoms with Crippen molar-refractivity contribution < 1.29 is 0 Å². The Hall–Kier alpha value is -0.0800. The van der Waals surface area contributed by atoms with Crippen molar-refractivity contribution in [2.45, 2.75) is 51.1 Å². The molecular formula is C12H24N2. The zero-order chi connectivity index (χ0) is 9.97. The largest absolute Gasteiger partial charge is 0.310 e. The number of likely N-dealkylation sites (tertiary alicyclic amines) is 1. The number of rotatable bonds is 4. The normalized spacial score (nSPS) is 31.7. The zero-order valence-electron chi connectivity index (χ0n) is 9.63. The average Bonchev–Trinajstić information content (AvgIpc) is 2.87. The minimum Gasteiger partial charge on any atom is -0.310 e. The Bertz CT molecular complexity index is 177. The molecule has 14 heavy (non-hydrogen) atoms. The molecule has 2 unspecified atom stereocenters.